The van der Waals surface area contributed by atoms with E-state index in [1.165, 1.54) is 32.8 Å². The van der Waals surface area contributed by atoms with E-state index < -0.39 is 0 Å². The number of phenols is 1. The average Bonchev–Trinajstić information content (AvgIpc) is 2.50. The third kappa shape index (κ3) is 8.95. The quantitative estimate of drug-likeness (QED) is 0.366. The summed E-state index contributed by atoms with van der Waals surface area (Å²) < 4.78 is 4.61. The monoisotopic (exact) mass is 293 g/mol. The Morgan fingerprint density at radius 3 is 2.19 bits per heavy atom. The summed E-state index contributed by atoms with van der Waals surface area (Å²) in [6.07, 6.45) is 8.66. The molecular weight excluding hydrogens is 266 g/mol. The van der Waals surface area contributed by atoms with E-state index >= 15 is 0 Å². The summed E-state index contributed by atoms with van der Waals surface area (Å²) in [5, 5.41) is 12.5. The Hall–Kier alpha value is -1.71. The molecule has 0 atom stereocenters. The Morgan fingerprint density at radius 1 is 1.00 bits per heavy atom. The van der Waals surface area contributed by atoms with E-state index in [0.29, 0.717) is 12.2 Å². The Balaban J connectivity index is 1.86. The van der Waals surface area contributed by atoms with Crippen molar-refractivity contribution in [2.75, 3.05) is 19.0 Å². The summed E-state index contributed by atoms with van der Waals surface area (Å²) in [6.45, 7) is 0.965. The van der Waals surface area contributed by atoms with Crippen molar-refractivity contribution in [2.45, 2.75) is 51.4 Å². The van der Waals surface area contributed by atoms with Gasteiger partial charge in [-0.15, -0.1) is 0 Å². The molecule has 0 heterocycles. The molecule has 4 nitrogen and oxygen atoms in total. The molecule has 2 N–H and O–H groups in total. The second-order valence-electron chi connectivity index (χ2n) is 5.27. The van der Waals surface area contributed by atoms with Crippen molar-refractivity contribution >= 4 is 11.7 Å². The molecule has 0 aromatic heterocycles. The van der Waals surface area contributed by atoms with Gasteiger partial charge in [0.15, 0.2) is 0 Å². The average molecular weight is 293 g/mol. The highest BCUT2D eigenvalue weighted by Crippen LogP contribution is 2.14. The number of anilines is 1. The molecule has 0 saturated heterocycles. The number of ether oxygens (including phenoxy) is 1. The molecule has 1 rings (SSSR count). The minimum absolute atomic E-state index is 0.102. The van der Waals surface area contributed by atoms with Gasteiger partial charge in [-0.1, -0.05) is 32.1 Å². The second-order valence-corrected chi connectivity index (χ2v) is 5.27. The molecule has 21 heavy (non-hydrogen) atoms. The lowest BCUT2D eigenvalue weighted by Crippen LogP contribution is -2.01. The maximum absolute atomic E-state index is 10.9. The van der Waals surface area contributed by atoms with Crippen molar-refractivity contribution in [3.8, 4) is 5.75 Å². The van der Waals surface area contributed by atoms with E-state index in [1.54, 1.807) is 12.1 Å². The van der Waals surface area contributed by atoms with Gasteiger partial charge < -0.3 is 15.2 Å². The van der Waals surface area contributed by atoms with E-state index in [9.17, 15) is 9.90 Å². The van der Waals surface area contributed by atoms with Gasteiger partial charge in [0, 0.05) is 18.7 Å². The number of aromatic hydroxyl groups is 1. The van der Waals surface area contributed by atoms with Gasteiger partial charge >= 0.3 is 5.97 Å². The Kier molecular flexibility index (Phi) is 9.09. The van der Waals surface area contributed by atoms with Gasteiger partial charge in [-0.2, -0.15) is 0 Å². The maximum Gasteiger partial charge on any atom is 0.305 e. The van der Waals surface area contributed by atoms with Crippen LogP contribution in [0.2, 0.25) is 0 Å². The lowest BCUT2D eigenvalue weighted by Gasteiger charge is -2.06. The highest BCUT2D eigenvalue weighted by Gasteiger charge is 1.99. The Morgan fingerprint density at radius 2 is 1.57 bits per heavy atom. The van der Waals surface area contributed by atoms with Crippen molar-refractivity contribution in [1.82, 2.24) is 0 Å². The van der Waals surface area contributed by atoms with Crippen LogP contribution in [0.1, 0.15) is 51.4 Å². The van der Waals surface area contributed by atoms with Crippen LogP contribution in [0.15, 0.2) is 24.3 Å². The topological polar surface area (TPSA) is 58.6 Å². The van der Waals surface area contributed by atoms with E-state index in [1.807, 2.05) is 12.1 Å². The largest absolute Gasteiger partial charge is 0.508 e. The molecule has 0 aliphatic rings. The van der Waals surface area contributed by atoms with Crippen LogP contribution in [0.5, 0.6) is 5.75 Å². The molecule has 1 aromatic carbocycles. The number of hydrogen-bond acceptors (Lipinski definition) is 4. The van der Waals surface area contributed by atoms with E-state index in [0.717, 1.165) is 31.5 Å². The number of rotatable bonds is 11. The first kappa shape index (κ1) is 17.3. The van der Waals surface area contributed by atoms with Crippen LogP contribution in [0.3, 0.4) is 0 Å². The molecule has 1 aromatic rings. The Bertz CT molecular complexity index is 390. The molecule has 0 saturated carbocycles. The first-order valence-electron chi connectivity index (χ1n) is 7.82. The van der Waals surface area contributed by atoms with Crippen LogP contribution in [0.4, 0.5) is 5.69 Å². The van der Waals surface area contributed by atoms with E-state index in [4.69, 9.17) is 0 Å². The molecule has 0 unspecified atom stereocenters. The maximum atomic E-state index is 10.9. The smallest absolute Gasteiger partial charge is 0.305 e. The molecule has 4 heteroatoms. The lowest BCUT2D eigenvalue weighted by molar-refractivity contribution is -0.140. The normalized spacial score (nSPS) is 10.3. The predicted molar refractivity (Wildman–Crippen MR) is 85.5 cm³/mol. The van der Waals surface area contributed by atoms with Crippen LogP contribution < -0.4 is 5.32 Å². The molecule has 0 bridgehead atoms. The second kappa shape index (κ2) is 11.0. The van der Waals surface area contributed by atoms with Crippen molar-refractivity contribution in [1.29, 1.82) is 0 Å². The van der Waals surface area contributed by atoms with Crippen molar-refractivity contribution in [3.05, 3.63) is 24.3 Å². The molecule has 0 fully saturated rings. The highest BCUT2D eigenvalue weighted by atomic mass is 16.5. The van der Waals surface area contributed by atoms with Gasteiger partial charge in [0.05, 0.1) is 7.11 Å². The molecular formula is C17H27NO3. The molecule has 0 aliphatic heterocycles. The zero-order valence-electron chi connectivity index (χ0n) is 12.9. The van der Waals surface area contributed by atoms with Crippen LogP contribution in [-0.4, -0.2) is 24.7 Å². The van der Waals surface area contributed by atoms with E-state index in [2.05, 4.69) is 10.1 Å². The summed E-state index contributed by atoms with van der Waals surface area (Å²) in [7, 11) is 1.44. The molecule has 0 aliphatic carbocycles. The summed E-state index contributed by atoms with van der Waals surface area (Å²) in [5.41, 5.74) is 1.05. The number of nitrogens with one attached hydrogen (secondary N) is 1. The van der Waals surface area contributed by atoms with Crippen LogP contribution in [0, 0.1) is 0 Å². The van der Waals surface area contributed by atoms with Crippen LogP contribution in [0.25, 0.3) is 0 Å². The summed E-state index contributed by atoms with van der Waals surface area (Å²) in [5.74, 6) is 0.197. The fraction of sp³-hybridized carbons (Fsp3) is 0.588. The minimum atomic E-state index is -0.102. The molecule has 0 amide bonds. The number of hydrogen-bond donors (Lipinski definition) is 2. The SMILES string of the molecule is COC(=O)CCCCCCCCCNc1ccc(O)cc1. The number of phenolic OH excluding ortho intramolecular Hbond substituents is 1. The Labute approximate surface area is 127 Å². The van der Waals surface area contributed by atoms with Crippen molar-refractivity contribution in [2.24, 2.45) is 0 Å². The standard InChI is InChI=1S/C17H27NO3/c1-21-17(20)9-7-5-3-2-4-6-8-14-18-15-10-12-16(19)13-11-15/h10-13,18-19H,2-9,14H2,1H3. The summed E-state index contributed by atoms with van der Waals surface area (Å²) in [6, 6.07) is 7.15. The number of benzene rings is 1. The number of unbranched alkanes of at least 4 members (excludes halogenated alkanes) is 6. The van der Waals surface area contributed by atoms with Crippen molar-refractivity contribution < 1.29 is 14.6 Å². The first-order valence-corrected chi connectivity index (χ1v) is 7.82. The number of esters is 1. The zero-order valence-corrected chi connectivity index (χ0v) is 12.9. The number of methoxy groups -OCH3 is 1. The van der Waals surface area contributed by atoms with Gasteiger partial charge in [-0.25, -0.2) is 0 Å². The summed E-state index contributed by atoms with van der Waals surface area (Å²) in [4.78, 5) is 10.9. The van der Waals surface area contributed by atoms with Gasteiger partial charge in [0.25, 0.3) is 0 Å². The predicted octanol–water partition coefficient (Wildman–Crippen LogP) is 4.10. The third-order valence-corrected chi connectivity index (χ3v) is 3.48. The number of carbonyl (C=O) groups excluding carboxylic acids is 1. The van der Waals surface area contributed by atoms with Gasteiger partial charge in [-0.05, 0) is 37.1 Å². The number of carbonyl (C=O) groups is 1. The van der Waals surface area contributed by atoms with Gasteiger partial charge in [0.1, 0.15) is 5.75 Å². The molecule has 118 valence electrons. The fourth-order valence-corrected chi connectivity index (χ4v) is 2.19. The van der Waals surface area contributed by atoms with Gasteiger partial charge in [0.2, 0.25) is 0 Å². The highest BCUT2D eigenvalue weighted by molar-refractivity contribution is 5.68. The fourth-order valence-electron chi connectivity index (χ4n) is 2.19. The molecule has 0 radical (unpaired) electrons. The lowest BCUT2D eigenvalue weighted by atomic mass is 10.1. The van der Waals surface area contributed by atoms with Crippen LogP contribution in [-0.2, 0) is 9.53 Å². The zero-order chi connectivity index (χ0) is 15.3. The van der Waals surface area contributed by atoms with Crippen LogP contribution >= 0.6 is 0 Å². The summed E-state index contributed by atoms with van der Waals surface area (Å²) >= 11 is 0. The third-order valence-electron chi connectivity index (χ3n) is 3.48. The first-order chi connectivity index (χ1) is 10.2. The van der Waals surface area contributed by atoms with E-state index in [-0.39, 0.29) is 5.97 Å². The van der Waals surface area contributed by atoms with Gasteiger partial charge in [-0.3, -0.25) is 4.79 Å². The molecule has 0 spiro atoms. The van der Waals surface area contributed by atoms with Crippen molar-refractivity contribution in [3.63, 3.8) is 0 Å². The minimum Gasteiger partial charge on any atom is -0.508 e.